The van der Waals surface area contributed by atoms with Gasteiger partial charge in [-0.2, -0.15) is 0 Å². The van der Waals surface area contributed by atoms with E-state index in [2.05, 4.69) is 24.4 Å². The largest absolute Gasteiger partial charge is 0.374 e. The Morgan fingerprint density at radius 2 is 2.00 bits per heavy atom. The van der Waals surface area contributed by atoms with Crippen LogP contribution in [0.3, 0.4) is 0 Å². The first-order valence-corrected chi connectivity index (χ1v) is 8.69. The Morgan fingerprint density at radius 1 is 1.27 bits per heavy atom. The van der Waals surface area contributed by atoms with Gasteiger partial charge in [0.1, 0.15) is 0 Å². The number of hydrogen-bond donors (Lipinski definition) is 1. The number of amides is 1. The highest BCUT2D eigenvalue weighted by Crippen LogP contribution is 2.28. The molecule has 1 aliphatic rings. The molecule has 0 spiro atoms. The molecule has 1 fully saturated rings. The summed E-state index contributed by atoms with van der Waals surface area (Å²) in [6.07, 6.45) is 8.06. The monoisotopic (exact) mass is 303 g/mol. The third-order valence-corrected chi connectivity index (χ3v) is 4.53. The second-order valence-electron chi connectivity index (χ2n) is 6.32. The van der Waals surface area contributed by atoms with E-state index in [0.717, 1.165) is 18.8 Å². The lowest BCUT2D eigenvalue weighted by Crippen LogP contribution is -2.25. The van der Waals surface area contributed by atoms with Crippen molar-refractivity contribution in [1.29, 1.82) is 0 Å². The maximum atomic E-state index is 11.8. The lowest BCUT2D eigenvalue weighted by molar-refractivity contribution is -0.121. The maximum Gasteiger partial charge on any atom is 0.220 e. The fourth-order valence-electron chi connectivity index (χ4n) is 3.10. The van der Waals surface area contributed by atoms with Crippen molar-refractivity contribution in [2.24, 2.45) is 5.92 Å². The number of rotatable bonds is 9. The smallest absolute Gasteiger partial charge is 0.220 e. The SMILES string of the molecule is CC(OCCCNC(=O)CCC1CCCC1)c1ccccc1. The van der Waals surface area contributed by atoms with E-state index in [1.807, 2.05) is 18.2 Å². The van der Waals surface area contributed by atoms with Crippen molar-refractivity contribution < 1.29 is 9.53 Å². The summed E-state index contributed by atoms with van der Waals surface area (Å²) in [5, 5.41) is 3.00. The van der Waals surface area contributed by atoms with E-state index >= 15 is 0 Å². The molecule has 1 unspecified atom stereocenters. The van der Waals surface area contributed by atoms with Gasteiger partial charge in [0.25, 0.3) is 0 Å². The molecule has 3 heteroatoms. The van der Waals surface area contributed by atoms with Crippen LogP contribution in [0.25, 0.3) is 0 Å². The van der Waals surface area contributed by atoms with E-state index in [-0.39, 0.29) is 12.0 Å². The normalized spacial score (nSPS) is 16.6. The number of carbonyl (C=O) groups excluding carboxylic acids is 1. The van der Waals surface area contributed by atoms with Crippen molar-refractivity contribution >= 4 is 5.91 Å². The van der Waals surface area contributed by atoms with Crippen molar-refractivity contribution in [2.75, 3.05) is 13.2 Å². The molecule has 1 N–H and O–H groups in total. The second kappa shape index (κ2) is 9.62. The van der Waals surface area contributed by atoms with Gasteiger partial charge in [0.15, 0.2) is 0 Å². The molecule has 1 saturated carbocycles. The lowest BCUT2D eigenvalue weighted by atomic mass is 10.0. The fourth-order valence-corrected chi connectivity index (χ4v) is 3.10. The van der Waals surface area contributed by atoms with Gasteiger partial charge in [-0.25, -0.2) is 0 Å². The molecule has 1 atom stereocenters. The van der Waals surface area contributed by atoms with E-state index in [1.54, 1.807) is 0 Å². The Hall–Kier alpha value is -1.35. The number of hydrogen-bond acceptors (Lipinski definition) is 2. The summed E-state index contributed by atoms with van der Waals surface area (Å²) >= 11 is 0. The van der Waals surface area contributed by atoms with Crippen LogP contribution in [0.5, 0.6) is 0 Å². The van der Waals surface area contributed by atoms with Gasteiger partial charge < -0.3 is 10.1 Å². The number of benzene rings is 1. The van der Waals surface area contributed by atoms with E-state index in [0.29, 0.717) is 19.6 Å². The molecular weight excluding hydrogens is 274 g/mol. The highest BCUT2D eigenvalue weighted by atomic mass is 16.5. The summed E-state index contributed by atoms with van der Waals surface area (Å²) < 4.78 is 5.80. The Kier molecular flexibility index (Phi) is 7.44. The van der Waals surface area contributed by atoms with Crippen LogP contribution < -0.4 is 5.32 Å². The van der Waals surface area contributed by atoms with Crippen LogP contribution in [0.15, 0.2) is 30.3 Å². The summed E-state index contributed by atoms with van der Waals surface area (Å²) in [5.74, 6) is 0.990. The minimum Gasteiger partial charge on any atom is -0.374 e. The molecule has 2 rings (SSSR count). The standard InChI is InChI=1S/C19H29NO2/c1-16(18-10-3-2-4-11-18)22-15-7-14-20-19(21)13-12-17-8-5-6-9-17/h2-4,10-11,16-17H,5-9,12-15H2,1H3,(H,20,21). The van der Waals surface area contributed by atoms with Crippen molar-refractivity contribution in [3.8, 4) is 0 Å². The Morgan fingerprint density at radius 3 is 2.73 bits per heavy atom. The minimum atomic E-state index is 0.110. The highest BCUT2D eigenvalue weighted by Gasteiger charge is 2.15. The molecule has 0 heterocycles. The third kappa shape index (κ3) is 6.18. The van der Waals surface area contributed by atoms with Gasteiger partial charge in [-0.15, -0.1) is 0 Å². The molecule has 0 bridgehead atoms. The zero-order valence-corrected chi connectivity index (χ0v) is 13.7. The molecule has 1 amide bonds. The molecular formula is C19H29NO2. The highest BCUT2D eigenvalue weighted by molar-refractivity contribution is 5.75. The minimum absolute atomic E-state index is 0.110. The zero-order chi connectivity index (χ0) is 15.6. The van der Waals surface area contributed by atoms with Gasteiger partial charge >= 0.3 is 0 Å². The van der Waals surface area contributed by atoms with Gasteiger partial charge in [0.2, 0.25) is 5.91 Å². The predicted molar refractivity (Wildman–Crippen MR) is 89.6 cm³/mol. The summed E-state index contributed by atoms with van der Waals surface area (Å²) in [4.78, 5) is 11.8. The molecule has 1 aliphatic carbocycles. The molecule has 3 nitrogen and oxygen atoms in total. The van der Waals surface area contributed by atoms with Crippen molar-refractivity contribution in [2.45, 2.75) is 58.0 Å². The van der Waals surface area contributed by atoms with Crippen LogP contribution in [-0.4, -0.2) is 19.1 Å². The Balaban J connectivity index is 1.49. The first kappa shape index (κ1) is 17.0. The van der Waals surface area contributed by atoms with Crippen LogP contribution in [0, 0.1) is 5.92 Å². The number of ether oxygens (including phenoxy) is 1. The molecule has 1 aromatic carbocycles. The van der Waals surface area contributed by atoms with Gasteiger partial charge in [-0.3, -0.25) is 4.79 Å². The molecule has 0 saturated heterocycles. The van der Waals surface area contributed by atoms with Crippen molar-refractivity contribution in [1.82, 2.24) is 5.32 Å². The lowest BCUT2D eigenvalue weighted by Gasteiger charge is -2.13. The molecule has 1 aromatic rings. The first-order chi connectivity index (χ1) is 10.8. The predicted octanol–water partition coefficient (Wildman–Crippen LogP) is 4.24. The summed E-state index contributed by atoms with van der Waals surface area (Å²) in [6, 6.07) is 10.2. The molecule has 122 valence electrons. The van der Waals surface area contributed by atoms with Gasteiger partial charge in [-0.1, -0.05) is 56.0 Å². The van der Waals surface area contributed by atoms with Gasteiger partial charge in [0, 0.05) is 19.6 Å². The van der Waals surface area contributed by atoms with Crippen LogP contribution in [0.1, 0.15) is 63.5 Å². The molecule has 0 radical (unpaired) electrons. The molecule has 22 heavy (non-hydrogen) atoms. The van der Waals surface area contributed by atoms with E-state index in [4.69, 9.17) is 4.74 Å². The van der Waals surface area contributed by atoms with Crippen LogP contribution >= 0.6 is 0 Å². The number of nitrogens with one attached hydrogen (secondary N) is 1. The first-order valence-electron chi connectivity index (χ1n) is 8.69. The Bertz CT molecular complexity index is 426. The second-order valence-corrected chi connectivity index (χ2v) is 6.32. The van der Waals surface area contributed by atoms with Gasteiger partial charge in [0.05, 0.1) is 6.10 Å². The van der Waals surface area contributed by atoms with Crippen LogP contribution in [-0.2, 0) is 9.53 Å². The summed E-state index contributed by atoms with van der Waals surface area (Å²) in [6.45, 7) is 3.46. The van der Waals surface area contributed by atoms with E-state index in [1.165, 1.54) is 31.2 Å². The van der Waals surface area contributed by atoms with E-state index in [9.17, 15) is 4.79 Å². The fraction of sp³-hybridized carbons (Fsp3) is 0.632. The van der Waals surface area contributed by atoms with Gasteiger partial charge in [-0.05, 0) is 31.2 Å². The molecule has 0 aliphatic heterocycles. The van der Waals surface area contributed by atoms with Crippen LogP contribution in [0.2, 0.25) is 0 Å². The topological polar surface area (TPSA) is 38.3 Å². The average molecular weight is 303 g/mol. The van der Waals surface area contributed by atoms with E-state index < -0.39 is 0 Å². The van der Waals surface area contributed by atoms with Crippen LogP contribution in [0.4, 0.5) is 0 Å². The third-order valence-electron chi connectivity index (χ3n) is 4.53. The van der Waals surface area contributed by atoms with Crippen molar-refractivity contribution in [3.63, 3.8) is 0 Å². The summed E-state index contributed by atoms with van der Waals surface area (Å²) in [7, 11) is 0. The maximum absolute atomic E-state index is 11.8. The molecule has 0 aromatic heterocycles. The van der Waals surface area contributed by atoms with Crippen molar-refractivity contribution in [3.05, 3.63) is 35.9 Å². The average Bonchev–Trinajstić information content (AvgIpc) is 3.06. The zero-order valence-electron chi connectivity index (χ0n) is 13.7. The number of carbonyl (C=O) groups is 1. The quantitative estimate of drug-likeness (QED) is 0.693. The Labute approximate surface area is 134 Å². The summed E-state index contributed by atoms with van der Waals surface area (Å²) in [5.41, 5.74) is 1.20.